The quantitative estimate of drug-likeness (QED) is 0.833. The van der Waals surface area contributed by atoms with Crippen LogP contribution in [0.5, 0.6) is 0 Å². The second-order valence-corrected chi connectivity index (χ2v) is 7.21. The van der Waals surface area contributed by atoms with E-state index in [9.17, 15) is 14.0 Å². The Hall–Kier alpha value is -1.95. The lowest BCUT2D eigenvalue weighted by molar-refractivity contribution is -0.139. The molecule has 0 unspecified atom stereocenters. The lowest BCUT2D eigenvalue weighted by atomic mass is 10.0. The van der Waals surface area contributed by atoms with Crippen molar-refractivity contribution in [2.24, 2.45) is 5.92 Å². The average molecular weight is 332 g/mol. The van der Waals surface area contributed by atoms with Crippen LogP contribution in [0.3, 0.4) is 0 Å². The summed E-state index contributed by atoms with van der Waals surface area (Å²) >= 11 is 0. The van der Waals surface area contributed by atoms with E-state index in [1.54, 1.807) is 4.90 Å². The van der Waals surface area contributed by atoms with Gasteiger partial charge in [0.15, 0.2) is 5.72 Å². The van der Waals surface area contributed by atoms with E-state index in [0.29, 0.717) is 37.5 Å². The molecule has 3 fully saturated rings. The van der Waals surface area contributed by atoms with Gasteiger partial charge in [0.05, 0.1) is 25.1 Å². The summed E-state index contributed by atoms with van der Waals surface area (Å²) in [6.07, 6.45) is 0.940. The highest BCUT2D eigenvalue weighted by atomic mass is 19.1. The highest BCUT2D eigenvalue weighted by Gasteiger charge is 2.65. The zero-order chi connectivity index (χ0) is 17.1. The normalized spacial score (nSPS) is 31.8. The molecule has 0 bridgehead atoms. The first-order chi connectivity index (χ1) is 11.4. The van der Waals surface area contributed by atoms with E-state index in [1.165, 1.54) is 24.3 Å². The summed E-state index contributed by atoms with van der Waals surface area (Å²) in [5.74, 6) is -0.157. The molecule has 4 rings (SSSR count). The first-order valence-corrected chi connectivity index (χ1v) is 8.47. The summed E-state index contributed by atoms with van der Waals surface area (Å²) in [6.45, 7) is 5.25. The Kier molecular flexibility index (Phi) is 3.42. The number of rotatable bonds is 2. The summed E-state index contributed by atoms with van der Waals surface area (Å²) < 4.78 is 19.2. The zero-order valence-electron chi connectivity index (χ0n) is 13.9. The highest BCUT2D eigenvalue weighted by molar-refractivity contribution is 5.95. The molecule has 3 saturated heterocycles. The van der Waals surface area contributed by atoms with Gasteiger partial charge in [0.25, 0.3) is 5.91 Å². The Morgan fingerprint density at radius 3 is 2.71 bits per heavy atom. The zero-order valence-corrected chi connectivity index (χ0v) is 13.9. The van der Waals surface area contributed by atoms with Crippen molar-refractivity contribution in [3.05, 3.63) is 35.6 Å². The van der Waals surface area contributed by atoms with Crippen LogP contribution in [0, 0.1) is 11.7 Å². The second kappa shape index (κ2) is 5.28. The van der Waals surface area contributed by atoms with Crippen molar-refractivity contribution in [2.45, 2.75) is 44.5 Å². The van der Waals surface area contributed by atoms with Crippen molar-refractivity contribution in [1.82, 2.24) is 9.80 Å². The van der Waals surface area contributed by atoms with Crippen LogP contribution in [0.25, 0.3) is 0 Å². The maximum absolute atomic E-state index is 13.1. The van der Waals surface area contributed by atoms with Crippen LogP contribution in [0.15, 0.2) is 24.3 Å². The minimum atomic E-state index is -0.665. The van der Waals surface area contributed by atoms with Crippen LogP contribution in [-0.2, 0) is 9.53 Å². The maximum atomic E-state index is 13.1. The molecule has 24 heavy (non-hydrogen) atoms. The Balaban J connectivity index is 1.63. The van der Waals surface area contributed by atoms with Gasteiger partial charge in [-0.1, -0.05) is 13.8 Å². The molecule has 1 spiro atoms. The van der Waals surface area contributed by atoms with Crippen molar-refractivity contribution < 1.29 is 18.7 Å². The number of hydrogen-bond acceptors (Lipinski definition) is 3. The molecule has 1 aromatic rings. The van der Waals surface area contributed by atoms with Crippen LogP contribution in [0.1, 0.15) is 37.0 Å². The summed E-state index contributed by atoms with van der Waals surface area (Å²) in [7, 11) is 0. The highest BCUT2D eigenvalue weighted by Crippen LogP contribution is 2.49. The number of ether oxygens (including phenoxy) is 1. The van der Waals surface area contributed by atoms with Crippen LogP contribution < -0.4 is 0 Å². The molecular formula is C18H21FN2O3. The van der Waals surface area contributed by atoms with E-state index in [-0.39, 0.29) is 29.7 Å². The van der Waals surface area contributed by atoms with E-state index < -0.39 is 5.72 Å². The van der Waals surface area contributed by atoms with Gasteiger partial charge in [0, 0.05) is 18.5 Å². The van der Waals surface area contributed by atoms with Crippen molar-refractivity contribution >= 4 is 11.8 Å². The van der Waals surface area contributed by atoms with Gasteiger partial charge in [-0.3, -0.25) is 9.59 Å². The van der Waals surface area contributed by atoms with Gasteiger partial charge in [0.1, 0.15) is 5.82 Å². The van der Waals surface area contributed by atoms with Crippen LogP contribution in [0.2, 0.25) is 0 Å². The predicted molar refractivity (Wildman–Crippen MR) is 84.6 cm³/mol. The predicted octanol–water partition coefficient (Wildman–Crippen LogP) is 2.02. The SMILES string of the molecule is CC(C)[C@@H]1CO[C@@]23CCN(C(=O)c4ccc(F)cc4)[C@@H]2CC(=O)N13. The van der Waals surface area contributed by atoms with Gasteiger partial charge in [-0.15, -0.1) is 0 Å². The van der Waals surface area contributed by atoms with E-state index in [2.05, 4.69) is 13.8 Å². The molecule has 3 aliphatic rings. The molecule has 128 valence electrons. The van der Waals surface area contributed by atoms with Crippen molar-refractivity contribution in [3.63, 3.8) is 0 Å². The largest absolute Gasteiger partial charge is 0.351 e. The fourth-order valence-corrected chi connectivity index (χ4v) is 4.37. The fraction of sp³-hybridized carbons (Fsp3) is 0.556. The van der Waals surface area contributed by atoms with Gasteiger partial charge < -0.3 is 14.5 Å². The molecule has 6 heteroatoms. The summed E-state index contributed by atoms with van der Waals surface area (Å²) in [6, 6.07) is 5.36. The molecule has 3 aliphatic heterocycles. The molecule has 0 aromatic heterocycles. The van der Waals surface area contributed by atoms with Gasteiger partial charge in [-0.25, -0.2) is 4.39 Å². The monoisotopic (exact) mass is 332 g/mol. The number of amides is 2. The minimum Gasteiger partial charge on any atom is -0.351 e. The first-order valence-electron chi connectivity index (χ1n) is 8.47. The topological polar surface area (TPSA) is 49.9 Å². The van der Waals surface area contributed by atoms with Gasteiger partial charge in [-0.2, -0.15) is 0 Å². The molecular weight excluding hydrogens is 311 g/mol. The van der Waals surface area contributed by atoms with Gasteiger partial charge >= 0.3 is 0 Å². The van der Waals surface area contributed by atoms with Gasteiger partial charge in [0.2, 0.25) is 5.91 Å². The third kappa shape index (κ3) is 2.02. The molecule has 0 radical (unpaired) electrons. The number of likely N-dealkylation sites (tertiary alicyclic amines) is 1. The summed E-state index contributed by atoms with van der Waals surface area (Å²) in [5.41, 5.74) is -0.223. The molecule has 0 saturated carbocycles. The smallest absolute Gasteiger partial charge is 0.254 e. The Bertz CT molecular complexity index is 690. The number of hydrogen-bond donors (Lipinski definition) is 0. The van der Waals surface area contributed by atoms with Crippen LogP contribution in [-0.4, -0.2) is 52.6 Å². The maximum Gasteiger partial charge on any atom is 0.254 e. The Morgan fingerprint density at radius 2 is 2.04 bits per heavy atom. The molecule has 5 nitrogen and oxygen atoms in total. The number of nitrogens with zero attached hydrogens (tertiary/aromatic N) is 2. The number of carbonyl (C=O) groups is 2. The van der Waals surface area contributed by atoms with Crippen LogP contribution in [0.4, 0.5) is 4.39 Å². The Morgan fingerprint density at radius 1 is 1.33 bits per heavy atom. The van der Waals surface area contributed by atoms with E-state index in [0.717, 1.165) is 0 Å². The molecule has 0 N–H and O–H groups in total. The summed E-state index contributed by atoms with van der Waals surface area (Å²) in [5, 5.41) is 0. The van der Waals surface area contributed by atoms with E-state index >= 15 is 0 Å². The molecule has 2 amide bonds. The molecule has 0 aliphatic carbocycles. The minimum absolute atomic E-state index is 0.0628. The van der Waals surface area contributed by atoms with E-state index in [1.807, 2.05) is 4.90 Å². The van der Waals surface area contributed by atoms with Crippen molar-refractivity contribution in [1.29, 1.82) is 0 Å². The third-order valence-electron chi connectivity index (χ3n) is 5.61. The fourth-order valence-electron chi connectivity index (χ4n) is 4.37. The lowest BCUT2D eigenvalue weighted by Gasteiger charge is -2.34. The molecule has 3 atom stereocenters. The van der Waals surface area contributed by atoms with Crippen molar-refractivity contribution in [2.75, 3.05) is 13.2 Å². The third-order valence-corrected chi connectivity index (χ3v) is 5.61. The Labute approximate surface area is 140 Å². The standard InChI is InChI=1S/C18H21FN2O3/c1-11(2)14-10-24-18-7-8-20(15(18)9-16(22)21(14)18)17(23)12-3-5-13(19)6-4-12/h3-6,11,14-15H,7-10H2,1-2H3/t14-,15+,18-/m0/s1. The lowest BCUT2D eigenvalue weighted by Crippen LogP contribution is -2.51. The van der Waals surface area contributed by atoms with Gasteiger partial charge in [-0.05, 0) is 30.2 Å². The van der Waals surface area contributed by atoms with Crippen molar-refractivity contribution in [3.8, 4) is 0 Å². The molecule has 3 heterocycles. The number of benzene rings is 1. The van der Waals surface area contributed by atoms with E-state index in [4.69, 9.17) is 4.74 Å². The first kappa shape index (κ1) is 15.6. The number of halogens is 1. The average Bonchev–Trinajstić information content (AvgIpc) is 3.17. The number of carbonyl (C=O) groups excluding carboxylic acids is 2. The summed E-state index contributed by atoms with van der Waals surface area (Å²) in [4.78, 5) is 29.0. The molecule has 1 aromatic carbocycles. The second-order valence-electron chi connectivity index (χ2n) is 7.21. The van der Waals surface area contributed by atoms with Crippen LogP contribution >= 0.6 is 0 Å².